The van der Waals surface area contributed by atoms with Gasteiger partial charge in [-0.1, -0.05) is 198 Å². The van der Waals surface area contributed by atoms with E-state index in [1.165, 1.54) is 193 Å². The molecule has 19 aliphatic rings. The average molecular weight is 2780 g/mol. The molecular formula is C95H154S12W6. The van der Waals surface area contributed by atoms with E-state index >= 15 is 0 Å². The molecule has 113 heavy (non-hydrogen) atoms. The summed E-state index contributed by atoms with van der Waals surface area (Å²) in [6.45, 7) is 24.7. The summed E-state index contributed by atoms with van der Waals surface area (Å²) in [5.74, 6) is 26.1. The number of thiol groups is 4. The first-order valence-corrected chi connectivity index (χ1v) is 47.1. The quantitative estimate of drug-likeness (QED) is 0.110. The Bertz CT molecular complexity index is 2610. The SMILES string of the molecule is C.C/C=C1\CC2C=CC1C2.C/C=C1\CC2CCC1C2.C/C=C1\CC2CCC1C2.C=CC1CC2C=CC1C2.C=CC1CC2CCC1C2.C=CC1CC2CCC1C2.CC([S-])C1CC2C=CC1C2.CC([S-])C1CC2C=CC1C2.CCC(CC[S-])C1C=CC1.C[S-].C[S-].C[S-].C[S-].[S-]CCC1CC2C=CC1C2.[SH-].[SH-].[SH-].[SH-].[W+2].[W+2].[W+2].[W+2].[W+2].[W+2]. The number of hydrogen-bond donors (Lipinski definition) is 0. The Labute approximate surface area is 858 Å². The molecule has 13 fully saturated rings. The summed E-state index contributed by atoms with van der Waals surface area (Å²) in [7, 11) is 0. The molecule has 0 radical (unpaired) electrons. The van der Waals surface area contributed by atoms with Gasteiger partial charge in [-0.3, -0.25) is 0 Å². The van der Waals surface area contributed by atoms with Gasteiger partial charge in [0.2, 0.25) is 0 Å². The minimum atomic E-state index is 0. The Balaban J connectivity index is -0.000000276. The van der Waals surface area contributed by atoms with Gasteiger partial charge in [-0.05, 0) is 323 Å². The van der Waals surface area contributed by atoms with Gasteiger partial charge in [-0.15, -0.1) is 19.7 Å². The molecule has 18 bridgehead atoms. The number of hydrogen-bond acceptors (Lipinski definition) is 12. The second-order valence-electron chi connectivity index (χ2n) is 34.1. The van der Waals surface area contributed by atoms with E-state index in [1.54, 1.807) is 41.7 Å². The molecule has 0 aromatic rings. The van der Waals surface area contributed by atoms with Crippen LogP contribution in [-0.4, -0.2) is 47.0 Å². The van der Waals surface area contributed by atoms with Gasteiger partial charge in [-0.25, -0.2) is 0 Å². The standard InChI is InChI=1S/3C9H14S.C9H16S.4C9H14.2C9H12.4CH4S.CH4.4H2S.6W/c2*1-6(10)9-5-7-2-3-8(9)4-7;10-4-3-9-6-7-1-2-8(9)5-7;1-2-8(6-7-10)9-4-3-5-9;6*1-2-8-5-7-3-4-9(8)6-7;4*1-2;;;;;;;;;;;/h2*2-3,6-10H,4-5H2,1H3;1-2,7-10H,3-6H2;3-4,8-10H,2,5-7H2,1H3;2*2,7,9H,3-6H2,1H3;2*2,7-9H,1,3-6H2;2-4,7,9H,5-6H2,1H3;2-4,7-9H,1,5-6H2;4*2H,1H3;1H4;4*1H2;;;;;;/q;;;;;;;;;;;;;;;;;;;6*+2/p-12/b;;;;2*8-2+;;;8-2+;;;;;;;;;;;;;;;;. The summed E-state index contributed by atoms with van der Waals surface area (Å²) in [5.41, 5.74) is 5.18. The van der Waals surface area contributed by atoms with Gasteiger partial charge in [-0.2, -0.15) is 47.0 Å². The van der Waals surface area contributed by atoms with Crippen molar-refractivity contribution in [1.29, 1.82) is 0 Å². The minimum Gasteiger partial charge on any atom is -0.813 e. The Hall–Kier alpha value is 5.21. The van der Waals surface area contributed by atoms with E-state index in [-0.39, 0.29) is 188 Å². The molecule has 28 atom stereocenters. The first-order chi connectivity index (χ1) is 49.7. The zero-order valence-electron chi connectivity index (χ0n) is 70.3. The fourth-order valence-corrected chi connectivity index (χ4v) is 24.0. The van der Waals surface area contributed by atoms with Crippen LogP contribution in [0.25, 0.3) is 0 Å². The molecule has 19 aliphatic carbocycles. The molecule has 0 saturated heterocycles. The van der Waals surface area contributed by atoms with Gasteiger partial charge in [0.05, 0.1) is 0 Å². The number of allylic oxidation sites excluding steroid dienone is 21. The van der Waals surface area contributed by atoms with Crippen molar-refractivity contribution in [3.8, 4) is 0 Å². The summed E-state index contributed by atoms with van der Waals surface area (Å²) in [6, 6.07) is 0. The molecule has 13 saturated carbocycles. The van der Waals surface area contributed by atoms with Crippen LogP contribution in [0.4, 0.5) is 0 Å². The normalized spacial score (nSPS) is 36.4. The van der Waals surface area contributed by atoms with Gasteiger partial charge in [0.15, 0.2) is 0 Å². The fraction of sp³-hybridized carbons (Fsp3) is 0.747. The van der Waals surface area contributed by atoms with Crippen LogP contribution in [0, 0.1) is 154 Å². The van der Waals surface area contributed by atoms with Crippen molar-refractivity contribution in [2.45, 2.75) is 252 Å². The third-order valence-corrected chi connectivity index (χ3v) is 29.6. The summed E-state index contributed by atoms with van der Waals surface area (Å²) >= 11 is 36.8. The zero-order valence-corrected chi connectivity index (χ0v) is 98.0. The van der Waals surface area contributed by atoms with Crippen molar-refractivity contribution in [2.75, 3.05) is 36.5 Å². The maximum atomic E-state index is 5.27. The van der Waals surface area contributed by atoms with Crippen LogP contribution in [0.2, 0.25) is 0 Å². The van der Waals surface area contributed by atoms with Crippen LogP contribution < -0.4 is 0 Å². The van der Waals surface area contributed by atoms with E-state index in [9.17, 15) is 0 Å². The molecule has 0 amide bonds. The Kier molecular flexibility index (Phi) is 82.3. The first-order valence-electron chi connectivity index (χ1n) is 41.7. The molecule has 0 nitrogen and oxygen atoms in total. The van der Waals surface area contributed by atoms with E-state index in [2.05, 4.69) is 221 Å². The average Bonchev–Trinajstić information content (AvgIpc) is 1.65. The van der Waals surface area contributed by atoms with Crippen LogP contribution in [0.15, 0.2) is 146 Å². The third-order valence-electron chi connectivity index (χ3n) is 28.4. The molecule has 0 aromatic carbocycles. The summed E-state index contributed by atoms with van der Waals surface area (Å²) < 4.78 is 0. The molecule has 19 rings (SSSR count). The Morgan fingerprint density at radius 3 is 0.973 bits per heavy atom. The van der Waals surface area contributed by atoms with Crippen molar-refractivity contribution < 1.29 is 126 Å². The number of rotatable bonds is 11. The Morgan fingerprint density at radius 2 is 0.788 bits per heavy atom. The van der Waals surface area contributed by atoms with Crippen LogP contribution >= 0.6 is 0 Å². The molecular weight excluding hydrogens is 2630 g/mol. The summed E-state index contributed by atoms with van der Waals surface area (Å²) in [6.07, 6.45) is 90.9. The van der Waals surface area contributed by atoms with Crippen LogP contribution in [-0.2, 0) is 281 Å². The summed E-state index contributed by atoms with van der Waals surface area (Å²) in [5, 5.41) is 0.972. The van der Waals surface area contributed by atoms with Crippen molar-refractivity contribution in [3.05, 3.63) is 146 Å². The molecule has 28 unspecified atom stereocenters. The van der Waals surface area contributed by atoms with Crippen molar-refractivity contribution >= 4 is 155 Å². The van der Waals surface area contributed by atoms with Gasteiger partial charge >= 0.3 is 126 Å². The number of fused-ring (bicyclic) bond motifs is 18. The second-order valence-corrected chi connectivity index (χ2v) is 36.4. The third kappa shape index (κ3) is 40.4. The molecule has 0 heterocycles. The van der Waals surface area contributed by atoms with Gasteiger partial charge in [0, 0.05) is 0 Å². The minimum absolute atomic E-state index is 0. The predicted octanol–water partition coefficient (Wildman–Crippen LogP) is 24.8. The smallest absolute Gasteiger partial charge is 0.813 e. The second kappa shape index (κ2) is 72.1. The van der Waals surface area contributed by atoms with E-state index in [4.69, 9.17) is 50.5 Å². The van der Waals surface area contributed by atoms with Crippen molar-refractivity contribution in [1.82, 2.24) is 0 Å². The first kappa shape index (κ1) is 129. The molecule has 642 valence electrons. The topological polar surface area (TPSA) is 0 Å². The molecule has 0 N–H and O–H groups in total. The van der Waals surface area contributed by atoms with Gasteiger partial charge in [0.1, 0.15) is 0 Å². The molecule has 0 aromatic heterocycles. The fourth-order valence-electron chi connectivity index (χ4n) is 22.8. The van der Waals surface area contributed by atoms with Gasteiger partial charge in [0.25, 0.3) is 0 Å². The van der Waals surface area contributed by atoms with Crippen LogP contribution in [0.1, 0.15) is 242 Å². The predicted molar refractivity (Wildman–Crippen MR) is 515 cm³/mol. The largest absolute Gasteiger partial charge is 2.00 e. The Morgan fingerprint density at radius 1 is 0.398 bits per heavy atom. The zero-order chi connectivity index (χ0) is 74.3. The van der Waals surface area contributed by atoms with E-state index in [0.29, 0.717) is 10.5 Å². The van der Waals surface area contributed by atoms with Crippen molar-refractivity contribution in [2.24, 2.45) is 154 Å². The monoisotopic (exact) mass is 2780 g/mol. The molecule has 0 spiro atoms. The molecule has 18 heteroatoms. The van der Waals surface area contributed by atoms with Gasteiger partial charge < -0.3 is 155 Å². The molecule has 0 aliphatic heterocycles. The maximum absolute atomic E-state index is 5.27. The summed E-state index contributed by atoms with van der Waals surface area (Å²) in [4.78, 5) is 0. The van der Waals surface area contributed by atoms with E-state index < -0.39 is 0 Å². The maximum Gasteiger partial charge on any atom is 2.00 e. The van der Waals surface area contributed by atoms with E-state index in [0.717, 1.165) is 165 Å². The van der Waals surface area contributed by atoms with Crippen LogP contribution in [0.3, 0.4) is 0 Å². The van der Waals surface area contributed by atoms with E-state index in [1.807, 2.05) is 0 Å². The van der Waals surface area contributed by atoms with Crippen molar-refractivity contribution in [3.63, 3.8) is 0 Å². The van der Waals surface area contributed by atoms with Crippen LogP contribution in [0.5, 0.6) is 0 Å².